The van der Waals surface area contributed by atoms with Crippen LogP contribution in [-0.4, -0.2) is 5.91 Å². The lowest BCUT2D eigenvalue weighted by molar-refractivity contribution is -0.137. The molecule has 0 radical (unpaired) electrons. The minimum atomic E-state index is -4.53. The van der Waals surface area contributed by atoms with Crippen molar-refractivity contribution in [1.29, 1.82) is 0 Å². The molecule has 0 aliphatic carbocycles. The molecule has 0 saturated heterocycles. The number of alkyl halides is 3. The van der Waals surface area contributed by atoms with Gasteiger partial charge in [-0.2, -0.15) is 13.2 Å². The van der Waals surface area contributed by atoms with Crippen LogP contribution < -0.4 is 5.32 Å². The number of rotatable bonds is 3. The van der Waals surface area contributed by atoms with Gasteiger partial charge in [-0.15, -0.1) is 0 Å². The Labute approximate surface area is 166 Å². The average Bonchev–Trinajstić information content (AvgIpc) is 3.05. The molecule has 1 amide bonds. The third kappa shape index (κ3) is 4.40. The highest BCUT2D eigenvalue weighted by Crippen LogP contribution is 2.34. The third-order valence-corrected chi connectivity index (χ3v) is 4.43. The molecule has 1 N–H and O–H groups in total. The first-order valence-corrected chi connectivity index (χ1v) is 8.52. The van der Waals surface area contributed by atoms with Gasteiger partial charge in [0.15, 0.2) is 5.76 Å². The first-order chi connectivity index (χ1) is 12.6. The molecule has 0 saturated carbocycles. The maximum atomic E-state index is 12.7. The second kappa shape index (κ2) is 7.46. The number of nitrogens with one attached hydrogen (secondary N) is 1. The number of carbonyl (C=O) groups excluding carboxylic acids is 1. The molecule has 0 aliphatic rings. The van der Waals surface area contributed by atoms with Crippen molar-refractivity contribution in [2.45, 2.75) is 6.18 Å². The van der Waals surface area contributed by atoms with E-state index in [1.54, 1.807) is 18.2 Å². The van der Waals surface area contributed by atoms with E-state index in [9.17, 15) is 18.0 Å². The van der Waals surface area contributed by atoms with Gasteiger partial charge in [-0.1, -0.05) is 34.8 Å². The van der Waals surface area contributed by atoms with Gasteiger partial charge in [0.2, 0.25) is 0 Å². The van der Waals surface area contributed by atoms with E-state index in [4.69, 9.17) is 39.2 Å². The summed E-state index contributed by atoms with van der Waals surface area (Å²) in [4.78, 5) is 12.3. The maximum absolute atomic E-state index is 12.7. The topological polar surface area (TPSA) is 42.2 Å². The Bertz CT molecular complexity index is 1020. The predicted molar refractivity (Wildman–Crippen MR) is 98.6 cm³/mol. The van der Waals surface area contributed by atoms with Crippen molar-refractivity contribution in [1.82, 2.24) is 0 Å². The first-order valence-electron chi connectivity index (χ1n) is 7.38. The van der Waals surface area contributed by atoms with Crippen LogP contribution in [0.5, 0.6) is 0 Å². The summed E-state index contributed by atoms with van der Waals surface area (Å²) in [5.74, 6) is -0.402. The van der Waals surface area contributed by atoms with Crippen molar-refractivity contribution >= 4 is 46.4 Å². The van der Waals surface area contributed by atoms with Crippen LogP contribution in [0.25, 0.3) is 11.3 Å². The van der Waals surface area contributed by atoms with Crippen LogP contribution in [0.3, 0.4) is 0 Å². The van der Waals surface area contributed by atoms with E-state index < -0.39 is 17.6 Å². The molecular weight excluding hydrogens is 426 g/mol. The average molecular weight is 435 g/mol. The second-order valence-electron chi connectivity index (χ2n) is 5.43. The minimum absolute atomic E-state index is 0.0251. The quantitative estimate of drug-likeness (QED) is 0.474. The highest BCUT2D eigenvalue weighted by Gasteiger charge is 2.31. The zero-order chi connectivity index (χ0) is 19.8. The Hall–Kier alpha value is -2.15. The lowest BCUT2D eigenvalue weighted by Gasteiger charge is -2.10. The Morgan fingerprint density at radius 1 is 0.926 bits per heavy atom. The van der Waals surface area contributed by atoms with Crippen LogP contribution >= 0.6 is 34.8 Å². The number of anilines is 1. The van der Waals surface area contributed by atoms with Crippen LogP contribution in [0.15, 0.2) is 52.9 Å². The van der Waals surface area contributed by atoms with Gasteiger partial charge < -0.3 is 9.73 Å². The van der Waals surface area contributed by atoms with Crippen LogP contribution in [0.4, 0.5) is 18.9 Å². The van der Waals surface area contributed by atoms with Crippen LogP contribution in [-0.2, 0) is 6.18 Å². The molecule has 2 aromatic carbocycles. The molecule has 1 aromatic heterocycles. The van der Waals surface area contributed by atoms with Gasteiger partial charge in [0, 0.05) is 10.6 Å². The smallest absolute Gasteiger partial charge is 0.416 e. The number of halogens is 6. The first kappa shape index (κ1) is 19.6. The van der Waals surface area contributed by atoms with E-state index in [0.29, 0.717) is 21.4 Å². The summed E-state index contributed by atoms with van der Waals surface area (Å²) in [6.07, 6.45) is -4.53. The summed E-state index contributed by atoms with van der Waals surface area (Å²) >= 11 is 17.8. The van der Waals surface area contributed by atoms with Gasteiger partial charge in [-0.3, -0.25) is 4.79 Å². The number of benzene rings is 2. The van der Waals surface area contributed by atoms with Crippen LogP contribution in [0.2, 0.25) is 15.1 Å². The van der Waals surface area contributed by atoms with Crippen LogP contribution in [0.1, 0.15) is 16.1 Å². The van der Waals surface area contributed by atoms with Gasteiger partial charge in [0.05, 0.1) is 21.3 Å². The number of furan rings is 1. The fourth-order valence-electron chi connectivity index (χ4n) is 2.27. The van der Waals surface area contributed by atoms with Crippen molar-refractivity contribution in [3.8, 4) is 11.3 Å². The second-order valence-corrected chi connectivity index (χ2v) is 6.69. The highest BCUT2D eigenvalue weighted by atomic mass is 35.5. The molecule has 140 valence electrons. The molecule has 3 rings (SSSR count). The molecule has 0 fully saturated rings. The molecule has 0 spiro atoms. The van der Waals surface area contributed by atoms with Crippen molar-refractivity contribution in [2.24, 2.45) is 0 Å². The molecule has 9 heteroatoms. The molecule has 0 bridgehead atoms. The number of carbonyl (C=O) groups is 1. The van der Waals surface area contributed by atoms with Gasteiger partial charge in [0.1, 0.15) is 5.76 Å². The Morgan fingerprint density at radius 2 is 1.67 bits per heavy atom. The van der Waals surface area contributed by atoms with E-state index in [0.717, 1.165) is 18.2 Å². The zero-order valence-corrected chi connectivity index (χ0v) is 15.5. The normalized spacial score (nSPS) is 11.5. The molecule has 0 unspecified atom stereocenters. The van der Waals surface area contributed by atoms with E-state index in [2.05, 4.69) is 5.32 Å². The Kier molecular flexibility index (Phi) is 5.42. The van der Waals surface area contributed by atoms with Crippen molar-refractivity contribution in [3.05, 3.63) is 74.9 Å². The summed E-state index contributed by atoms with van der Waals surface area (Å²) < 4.78 is 43.5. The van der Waals surface area contributed by atoms with E-state index in [1.807, 2.05) is 0 Å². The molecule has 0 atom stereocenters. The van der Waals surface area contributed by atoms with Gasteiger partial charge in [-0.05, 0) is 48.5 Å². The Morgan fingerprint density at radius 3 is 2.30 bits per heavy atom. The van der Waals surface area contributed by atoms with Crippen molar-refractivity contribution in [3.63, 3.8) is 0 Å². The number of hydrogen-bond acceptors (Lipinski definition) is 2. The predicted octanol–water partition coefficient (Wildman–Crippen LogP) is 7.18. The standard InChI is InChI=1S/C18H9Cl3F3NO2/c19-10-2-3-11(12(20)8-10)15-5-6-16(27-15)17(26)25-14-4-1-9(7-13(14)21)18(22,23)24/h1-8H,(H,25,26). The van der Waals surface area contributed by atoms with E-state index in [1.165, 1.54) is 12.1 Å². The summed E-state index contributed by atoms with van der Waals surface area (Å²) in [6.45, 7) is 0. The summed E-state index contributed by atoms with van der Waals surface area (Å²) in [5.41, 5.74) is -0.354. The fraction of sp³-hybridized carbons (Fsp3) is 0.0556. The summed E-state index contributed by atoms with van der Waals surface area (Å²) in [5, 5.41) is 2.95. The largest absolute Gasteiger partial charge is 0.451 e. The Balaban J connectivity index is 1.81. The maximum Gasteiger partial charge on any atom is 0.416 e. The summed E-state index contributed by atoms with van der Waals surface area (Å²) in [7, 11) is 0. The molecule has 0 aliphatic heterocycles. The molecular formula is C18H9Cl3F3NO2. The van der Waals surface area contributed by atoms with E-state index in [-0.39, 0.29) is 16.5 Å². The van der Waals surface area contributed by atoms with Crippen molar-refractivity contribution in [2.75, 3.05) is 5.32 Å². The van der Waals surface area contributed by atoms with Gasteiger partial charge in [0.25, 0.3) is 5.91 Å². The lowest BCUT2D eigenvalue weighted by Crippen LogP contribution is -2.12. The monoisotopic (exact) mass is 433 g/mol. The van der Waals surface area contributed by atoms with Crippen LogP contribution in [0, 0.1) is 0 Å². The molecule has 27 heavy (non-hydrogen) atoms. The van der Waals surface area contributed by atoms with Crippen molar-refractivity contribution < 1.29 is 22.4 Å². The number of amides is 1. The molecule has 3 aromatic rings. The van der Waals surface area contributed by atoms with Gasteiger partial charge >= 0.3 is 6.18 Å². The SMILES string of the molecule is O=C(Nc1ccc(C(F)(F)F)cc1Cl)c1ccc(-c2ccc(Cl)cc2Cl)o1. The van der Waals surface area contributed by atoms with E-state index >= 15 is 0 Å². The fourth-order valence-corrected chi connectivity index (χ4v) is 3.00. The molecule has 3 nitrogen and oxygen atoms in total. The highest BCUT2D eigenvalue weighted by molar-refractivity contribution is 6.36. The minimum Gasteiger partial charge on any atom is -0.451 e. The third-order valence-electron chi connectivity index (χ3n) is 3.57. The molecule has 1 heterocycles. The number of hydrogen-bond donors (Lipinski definition) is 1. The zero-order valence-electron chi connectivity index (χ0n) is 13.2. The lowest BCUT2D eigenvalue weighted by atomic mass is 10.2. The van der Waals surface area contributed by atoms with Gasteiger partial charge in [-0.25, -0.2) is 0 Å². The summed E-state index contributed by atoms with van der Waals surface area (Å²) in [6, 6.07) is 10.4.